The van der Waals surface area contributed by atoms with Gasteiger partial charge in [-0.1, -0.05) is 25.9 Å². The molecule has 2 aromatic heterocycles. The number of hydrogen-bond acceptors (Lipinski definition) is 3. The van der Waals surface area contributed by atoms with Crippen molar-refractivity contribution in [3.05, 3.63) is 42.0 Å². The Morgan fingerprint density at radius 3 is 2.84 bits per heavy atom. The zero-order chi connectivity index (χ0) is 13.7. The highest BCUT2D eigenvalue weighted by Gasteiger charge is 2.16. The second kappa shape index (κ2) is 6.57. The minimum atomic E-state index is 0.413. The molecular formula is C15H23N3O. The first-order valence-electron chi connectivity index (χ1n) is 6.99. The van der Waals surface area contributed by atoms with E-state index in [4.69, 9.17) is 4.52 Å². The van der Waals surface area contributed by atoms with E-state index < -0.39 is 0 Å². The minimum Gasteiger partial charge on any atom is -0.359 e. The van der Waals surface area contributed by atoms with Gasteiger partial charge in [0.2, 0.25) is 0 Å². The Morgan fingerprint density at radius 1 is 1.37 bits per heavy atom. The Bertz CT molecular complexity index is 473. The maximum atomic E-state index is 5.13. The van der Waals surface area contributed by atoms with Crippen molar-refractivity contribution in [3.63, 3.8) is 0 Å². The zero-order valence-corrected chi connectivity index (χ0v) is 12.0. The molecule has 1 N–H and O–H groups in total. The summed E-state index contributed by atoms with van der Waals surface area (Å²) in [6.07, 6.45) is 7.12. The van der Waals surface area contributed by atoms with Crippen LogP contribution in [0.25, 0.3) is 0 Å². The Hall–Kier alpha value is -1.55. The molecule has 4 nitrogen and oxygen atoms in total. The molecule has 0 bridgehead atoms. The van der Waals surface area contributed by atoms with Gasteiger partial charge < -0.3 is 14.4 Å². The van der Waals surface area contributed by atoms with Gasteiger partial charge in [0.05, 0.1) is 12.7 Å². The van der Waals surface area contributed by atoms with Crippen LogP contribution in [0.15, 0.2) is 35.2 Å². The second-order valence-electron chi connectivity index (χ2n) is 5.27. The van der Waals surface area contributed by atoms with Gasteiger partial charge in [-0.2, -0.15) is 0 Å². The molecule has 0 radical (unpaired) electrons. The third-order valence-corrected chi connectivity index (χ3v) is 3.24. The predicted molar refractivity (Wildman–Crippen MR) is 75.9 cm³/mol. The van der Waals surface area contributed by atoms with Crippen molar-refractivity contribution in [2.75, 3.05) is 6.54 Å². The number of nitrogens with zero attached hydrogens (tertiary/aromatic N) is 2. The molecule has 0 amide bonds. The summed E-state index contributed by atoms with van der Waals surface area (Å²) in [6.45, 7) is 8.48. The zero-order valence-electron chi connectivity index (χ0n) is 12.0. The standard InChI is InChI=1S/C15H23N3O/c1-4-7-16-15(12(2)3)13-6-9-18(10-13)11-14-5-8-17-19-14/h5-6,8-10,12,15-16H,4,7,11H2,1-3H3. The van der Waals surface area contributed by atoms with Crippen LogP contribution in [0, 0.1) is 5.92 Å². The second-order valence-corrected chi connectivity index (χ2v) is 5.27. The van der Waals surface area contributed by atoms with Crippen molar-refractivity contribution in [2.45, 2.75) is 39.8 Å². The summed E-state index contributed by atoms with van der Waals surface area (Å²) >= 11 is 0. The van der Waals surface area contributed by atoms with Crippen molar-refractivity contribution in [3.8, 4) is 0 Å². The molecule has 0 aromatic carbocycles. The van der Waals surface area contributed by atoms with Crippen LogP contribution >= 0.6 is 0 Å². The van der Waals surface area contributed by atoms with Gasteiger partial charge >= 0.3 is 0 Å². The average Bonchev–Trinajstić information content (AvgIpc) is 3.02. The molecule has 0 saturated carbocycles. The number of rotatable bonds is 7. The quantitative estimate of drug-likeness (QED) is 0.832. The summed E-state index contributed by atoms with van der Waals surface area (Å²) in [5.74, 6) is 1.46. The molecule has 104 valence electrons. The molecule has 0 aliphatic rings. The molecule has 2 rings (SSSR count). The van der Waals surface area contributed by atoms with Crippen LogP contribution in [0.5, 0.6) is 0 Å². The van der Waals surface area contributed by atoms with E-state index in [2.05, 4.69) is 54.3 Å². The summed E-state index contributed by atoms with van der Waals surface area (Å²) in [5, 5.41) is 7.34. The Morgan fingerprint density at radius 2 is 2.21 bits per heavy atom. The van der Waals surface area contributed by atoms with Crippen LogP contribution in [-0.2, 0) is 6.54 Å². The molecule has 1 atom stereocenters. The lowest BCUT2D eigenvalue weighted by Gasteiger charge is -2.21. The minimum absolute atomic E-state index is 0.413. The topological polar surface area (TPSA) is 43.0 Å². The van der Waals surface area contributed by atoms with E-state index in [1.165, 1.54) is 5.56 Å². The Labute approximate surface area is 114 Å². The Balaban J connectivity index is 2.05. The summed E-state index contributed by atoms with van der Waals surface area (Å²) < 4.78 is 7.27. The molecule has 0 aliphatic carbocycles. The first-order valence-corrected chi connectivity index (χ1v) is 6.99. The van der Waals surface area contributed by atoms with E-state index in [9.17, 15) is 0 Å². The van der Waals surface area contributed by atoms with Gasteiger partial charge in [0.15, 0.2) is 5.76 Å². The molecule has 2 aromatic rings. The summed E-state index contributed by atoms with van der Waals surface area (Å²) in [7, 11) is 0. The monoisotopic (exact) mass is 261 g/mol. The van der Waals surface area contributed by atoms with Gasteiger partial charge in [0.1, 0.15) is 0 Å². The lowest BCUT2D eigenvalue weighted by molar-refractivity contribution is 0.376. The van der Waals surface area contributed by atoms with Gasteiger partial charge in [-0.3, -0.25) is 0 Å². The highest BCUT2D eigenvalue weighted by atomic mass is 16.5. The maximum absolute atomic E-state index is 5.13. The lowest BCUT2D eigenvalue weighted by atomic mass is 9.98. The number of hydrogen-bond donors (Lipinski definition) is 1. The van der Waals surface area contributed by atoms with E-state index in [0.717, 1.165) is 25.3 Å². The number of aromatic nitrogens is 2. The van der Waals surface area contributed by atoms with Crippen molar-refractivity contribution in [2.24, 2.45) is 5.92 Å². The third-order valence-electron chi connectivity index (χ3n) is 3.24. The molecule has 4 heteroatoms. The van der Waals surface area contributed by atoms with E-state index in [0.29, 0.717) is 12.0 Å². The molecule has 0 aliphatic heterocycles. The van der Waals surface area contributed by atoms with E-state index in [1.54, 1.807) is 6.20 Å². The summed E-state index contributed by atoms with van der Waals surface area (Å²) in [4.78, 5) is 0. The molecule has 0 fully saturated rings. The van der Waals surface area contributed by atoms with Crippen molar-refractivity contribution >= 4 is 0 Å². The lowest BCUT2D eigenvalue weighted by Crippen LogP contribution is -2.26. The highest BCUT2D eigenvalue weighted by molar-refractivity contribution is 5.17. The fraction of sp³-hybridized carbons (Fsp3) is 0.533. The molecule has 2 heterocycles. The predicted octanol–water partition coefficient (Wildman–Crippen LogP) is 3.22. The van der Waals surface area contributed by atoms with Crippen LogP contribution in [0.4, 0.5) is 0 Å². The van der Waals surface area contributed by atoms with E-state index in [1.807, 2.05) is 6.07 Å². The first-order chi connectivity index (χ1) is 9.20. The Kier molecular flexibility index (Phi) is 4.80. The maximum Gasteiger partial charge on any atom is 0.156 e. The normalized spacial score (nSPS) is 13.1. The van der Waals surface area contributed by atoms with Crippen LogP contribution in [0.1, 0.15) is 44.6 Å². The van der Waals surface area contributed by atoms with Gasteiger partial charge in [-0.15, -0.1) is 0 Å². The number of nitrogens with one attached hydrogen (secondary N) is 1. The van der Waals surface area contributed by atoms with Crippen molar-refractivity contribution < 1.29 is 4.52 Å². The molecular weight excluding hydrogens is 238 g/mol. The van der Waals surface area contributed by atoms with Gasteiger partial charge in [-0.25, -0.2) is 0 Å². The smallest absolute Gasteiger partial charge is 0.156 e. The van der Waals surface area contributed by atoms with Crippen LogP contribution < -0.4 is 5.32 Å². The summed E-state index contributed by atoms with van der Waals surface area (Å²) in [6, 6.07) is 4.49. The average molecular weight is 261 g/mol. The molecule has 1 unspecified atom stereocenters. The third kappa shape index (κ3) is 3.70. The van der Waals surface area contributed by atoms with Crippen molar-refractivity contribution in [1.29, 1.82) is 0 Å². The SMILES string of the molecule is CCCNC(c1ccn(Cc2ccno2)c1)C(C)C. The van der Waals surface area contributed by atoms with Crippen LogP contribution in [0.3, 0.4) is 0 Å². The largest absolute Gasteiger partial charge is 0.359 e. The van der Waals surface area contributed by atoms with Crippen LogP contribution in [-0.4, -0.2) is 16.3 Å². The van der Waals surface area contributed by atoms with Crippen molar-refractivity contribution in [1.82, 2.24) is 15.0 Å². The fourth-order valence-corrected chi connectivity index (χ4v) is 2.28. The van der Waals surface area contributed by atoms with E-state index >= 15 is 0 Å². The van der Waals surface area contributed by atoms with Gasteiger partial charge in [-0.05, 0) is 30.5 Å². The van der Waals surface area contributed by atoms with E-state index in [-0.39, 0.29) is 0 Å². The molecule has 19 heavy (non-hydrogen) atoms. The molecule has 0 spiro atoms. The highest BCUT2D eigenvalue weighted by Crippen LogP contribution is 2.22. The van der Waals surface area contributed by atoms with Gasteiger partial charge in [0, 0.05) is 24.5 Å². The van der Waals surface area contributed by atoms with Crippen LogP contribution in [0.2, 0.25) is 0 Å². The van der Waals surface area contributed by atoms with Gasteiger partial charge in [0.25, 0.3) is 0 Å². The first kappa shape index (κ1) is 13.9. The summed E-state index contributed by atoms with van der Waals surface area (Å²) in [5.41, 5.74) is 1.34. The molecule has 0 saturated heterocycles. The fourth-order valence-electron chi connectivity index (χ4n) is 2.28.